The van der Waals surface area contributed by atoms with Crippen LogP contribution in [0.5, 0.6) is 11.5 Å². The summed E-state index contributed by atoms with van der Waals surface area (Å²) in [5.41, 5.74) is 5.42. The maximum absolute atomic E-state index is 13.4. The van der Waals surface area contributed by atoms with Crippen LogP contribution in [0.25, 0.3) is 21.9 Å². The number of ether oxygens (including phenoxy) is 2. The fraction of sp³-hybridized carbons (Fsp3) is 0.400. The second kappa shape index (κ2) is 15.3. The van der Waals surface area contributed by atoms with E-state index in [1.165, 1.54) is 0 Å². The van der Waals surface area contributed by atoms with Gasteiger partial charge in [-0.1, -0.05) is 12.1 Å². The van der Waals surface area contributed by atoms with E-state index >= 15 is 0 Å². The number of anilines is 1. The Bertz CT molecular complexity index is 2160. The number of likely N-dealkylation sites (tertiary alicyclic amines) is 1. The number of carboxylic acid groups (broad SMARTS) is 1. The Morgan fingerprint density at radius 1 is 0.926 bits per heavy atom. The molecule has 54 heavy (non-hydrogen) atoms. The number of carbonyl (C=O) groups is 4. The molecule has 4 aromatic rings. The van der Waals surface area contributed by atoms with E-state index in [4.69, 9.17) is 19.4 Å². The molecule has 0 aliphatic carbocycles. The summed E-state index contributed by atoms with van der Waals surface area (Å²) in [4.78, 5) is 69.8. The van der Waals surface area contributed by atoms with Gasteiger partial charge in [-0.2, -0.15) is 0 Å². The predicted molar refractivity (Wildman–Crippen MR) is 201 cm³/mol. The van der Waals surface area contributed by atoms with Crippen LogP contribution in [0.1, 0.15) is 65.1 Å². The van der Waals surface area contributed by atoms with E-state index in [2.05, 4.69) is 26.2 Å². The third-order valence-electron chi connectivity index (χ3n) is 11.1. The molecule has 4 aliphatic heterocycles. The highest BCUT2D eigenvalue weighted by molar-refractivity contribution is 6.05. The van der Waals surface area contributed by atoms with Gasteiger partial charge in [0.25, 0.3) is 17.9 Å². The van der Waals surface area contributed by atoms with Crippen molar-refractivity contribution in [3.8, 4) is 22.6 Å². The molecule has 6 heterocycles. The molecular formula is C40H44N6O8. The fourth-order valence-electron chi connectivity index (χ4n) is 8.07. The minimum atomic E-state index is -0.613. The van der Waals surface area contributed by atoms with Crippen LogP contribution in [0, 0.1) is 0 Å². The van der Waals surface area contributed by atoms with E-state index < -0.39 is 11.9 Å². The van der Waals surface area contributed by atoms with Gasteiger partial charge in [0.15, 0.2) is 0 Å². The van der Waals surface area contributed by atoms with Gasteiger partial charge in [0, 0.05) is 68.6 Å². The van der Waals surface area contributed by atoms with E-state index in [0.717, 1.165) is 96.0 Å². The fourth-order valence-corrected chi connectivity index (χ4v) is 8.07. The summed E-state index contributed by atoms with van der Waals surface area (Å²) in [7, 11) is 5.11. The van der Waals surface area contributed by atoms with E-state index in [-0.39, 0.29) is 30.3 Å². The number of imide groups is 1. The summed E-state index contributed by atoms with van der Waals surface area (Å²) in [5, 5.41) is 10.7. The van der Waals surface area contributed by atoms with Crippen molar-refractivity contribution in [2.45, 2.75) is 57.2 Å². The van der Waals surface area contributed by atoms with Gasteiger partial charge in [-0.3, -0.25) is 34.2 Å². The van der Waals surface area contributed by atoms with Gasteiger partial charge in [0.1, 0.15) is 23.4 Å². The molecule has 3 saturated heterocycles. The van der Waals surface area contributed by atoms with Crippen LogP contribution in [0.3, 0.4) is 0 Å². The summed E-state index contributed by atoms with van der Waals surface area (Å²) in [6.45, 7) is 4.44. The summed E-state index contributed by atoms with van der Waals surface area (Å²) in [6, 6.07) is 11.6. The Labute approximate surface area is 312 Å². The maximum atomic E-state index is 13.4. The van der Waals surface area contributed by atoms with Gasteiger partial charge in [-0.25, -0.2) is 4.98 Å². The highest BCUT2D eigenvalue weighted by atomic mass is 16.5. The normalized spacial score (nSPS) is 18.8. The molecule has 2 aromatic heterocycles. The molecule has 14 heteroatoms. The number of aryl methyl sites for hydroxylation is 1. The Hall–Kier alpha value is -5.76. The van der Waals surface area contributed by atoms with Crippen molar-refractivity contribution in [3.63, 3.8) is 0 Å². The van der Waals surface area contributed by atoms with Crippen molar-refractivity contribution in [1.82, 2.24) is 24.7 Å². The van der Waals surface area contributed by atoms with Crippen molar-refractivity contribution >= 4 is 40.8 Å². The minimum Gasteiger partial charge on any atom is -0.496 e. The first-order valence-electron chi connectivity index (χ1n) is 18.2. The number of aromatic nitrogens is 2. The average Bonchev–Trinajstić information content (AvgIpc) is 3.48. The summed E-state index contributed by atoms with van der Waals surface area (Å²) in [6.07, 6.45) is 7.18. The molecule has 1 atom stereocenters. The van der Waals surface area contributed by atoms with Crippen LogP contribution in [0.2, 0.25) is 0 Å². The van der Waals surface area contributed by atoms with Crippen molar-refractivity contribution in [2.75, 3.05) is 45.3 Å². The van der Waals surface area contributed by atoms with E-state index in [0.29, 0.717) is 36.4 Å². The molecule has 0 saturated carbocycles. The first kappa shape index (κ1) is 36.6. The van der Waals surface area contributed by atoms with Crippen molar-refractivity contribution in [2.24, 2.45) is 7.05 Å². The number of benzene rings is 2. The van der Waals surface area contributed by atoms with Crippen LogP contribution < -0.4 is 25.2 Å². The zero-order valence-electron chi connectivity index (χ0n) is 30.7. The molecular weight excluding hydrogens is 692 g/mol. The monoisotopic (exact) mass is 736 g/mol. The SMILES string of the molecule is COc1cc(-c2cn(C)c(=O)c3cnc(N4CCC4)cc23)cc(OC)c1CN1CCC(c2ccc3c(c2)C(=O)N(C2CCC(=O)NC2=O)C3)CC1.O=CO. The van der Waals surface area contributed by atoms with Gasteiger partial charge in [-0.05, 0) is 85.6 Å². The van der Waals surface area contributed by atoms with E-state index in [9.17, 15) is 19.2 Å². The smallest absolute Gasteiger partial charge is 0.290 e. The number of nitrogens with zero attached hydrogens (tertiary/aromatic N) is 5. The van der Waals surface area contributed by atoms with Gasteiger partial charge in [0.05, 0.1) is 25.2 Å². The lowest BCUT2D eigenvalue weighted by Crippen LogP contribution is -2.52. The number of piperidine rings is 2. The van der Waals surface area contributed by atoms with Gasteiger partial charge < -0.3 is 28.9 Å². The first-order chi connectivity index (χ1) is 26.1. The third kappa shape index (κ3) is 6.89. The third-order valence-corrected chi connectivity index (χ3v) is 11.1. The molecule has 14 nitrogen and oxygen atoms in total. The van der Waals surface area contributed by atoms with Crippen molar-refractivity contribution in [1.29, 1.82) is 0 Å². The molecule has 3 amide bonds. The van der Waals surface area contributed by atoms with Crippen LogP contribution in [0.15, 0.2) is 53.6 Å². The number of nitrogens with one attached hydrogen (secondary N) is 1. The lowest BCUT2D eigenvalue weighted by atomic mass is 9.87. The Balaban J connectivity index is 0.00000145. The number of pyridine rings is 2. The molecule has 8 rings (SSSR count). The first-order valence-corrected chi connectivity index (χ1v) is 18.2. The Morgan fingerprint density at radius 3 is 2.26 bits per heavy atom. The van der Waals surface area contributed by atoms with E-state index in [1.807, 2.05) is 36.5 Å². The number of rotatable bonds is 8. The maximum Gasteiger partial charge on any atom is 0.290 e. The summed E-state index contributed by atoms with van der Waals surface area (Å²) >= 11 is 0. The molecule has 282 valence electrons. The lowest BCUT2D eigenvalue weighted by Gasteiger charge is -2.33. The second-order valence-corrected chi connectivity index (χ2v) is 14.2. The van der Waals surface area contributed by atoms with Gasteiger partial charge >= 0.3 is 0 Å². The number of amides is 3. The summed E-state index contributed by atoms with van der Waals surface area (Å²) in [5.74, 6) is 1.82. The van der Waals surface area contributed by atoms with Crippen molar-refractivity contribution < 1.29 is 33.8 Å². The Kier molecular flexibility index (Phi) is 10.4. The van der Waals surface area contributed by atoms with Crippen LogP contribution in [0.4, 0.5) is 5.82 Å². The quantitative estimate of drug-likeness (QED) is 0.201. The topological polar surface area (TPSA) is 164 Å². The summed E-state index contributed by atoms with van der Waals surface area (Å²) < 4.78 is 13.6. The van der Waals surface area contributed by atoms with Crippen LogP contribution in [-0.2, 0) is 34.5 Å². The highest BCUT2D eigenvalue weighted by Gasteiger charge is 2.39. The Morgan fingerprint density at radius 2 is 1.63 bits per heavy atom. The predicted octanol–water partition coefficient (Wildman–Crippen LogP) is 3.67. The zero-order valence-corrected chi connectivity index (χ0v) is 30.7. The van der Waals surface area contributed by atoms with Gasteiger partial charge in [0.2, 0.25) is 11.8 Å². The highest BCUT2D eigenvalue weighted by Crippen LogP contribution is 2.40. The molecule has 1 unspecified atom stereocenters. The molecule has 0 bridgehead atoms. The number of hydrogen-bond acceptors (Lipinski definition) is 10. The second-order valence-electron chi connectivity index (χ2n) is 14.2. The number of methoxy groups -OCH3 is 2. The molecule has 0 spiro atoms. The zero-order chi connectivity index (χ0) is 38.1. The van der Waals surface area contributed by atoms with Crippen molar-refractivity contribution in [3.05, 3.63) is 81.4 Å². The van der Waals surface area contributed by atoms with Crippen LogP contribution >= 0.6 is 0 Å². The lowest BCUT2D eigenvalue weighted by molar-refractivity contribution is -0.137. The standard InChI is InChI=1S/C39H42N6O6.CH2O2/c1-42-21-30(28-18-35(44-11-4-12-44)40-19-29(28)38(42)48)26-16-33(50-2)31(34(17-26)51-3)22-43-13-9-23(10-14-43)24-5-6-25-20-45(39(49)27(25)15-24)32-7-8-36(46)41-37(32)47;2-1-3/h5-6,15-19,21,23,32H,4,7-14,20,22H2,1-3H3,(H,41,46,47);1H,(H,2,3). The average molecular weight is 737 g/mol. The van der Waals surface area contributed by atoms with Gasteiger partial charge in [-0.15, -0.1) is 0 Å². The molecule has 0 radical (unpaired) electrons. The van der Waals surface area contributed by atoms with Crippen LogP contribution in [-0.4, -0.2) is 95.1 Å². The minimum absolute atomic E-state index is 0.0870. The number of fused-ring (bicyclic) bond motifs is 2. The molecule has 2 N–H and O–H groups in total. The largest absolute Gasteiger partial charge is 0.496 e. The van der Waals surface area contributed by atoms with E-state index in [1.54, 1.807) is 36.9 Å². The molecule has 2 aromatic carbocycles. The molecule has 4 aliphatic rings. The number of hydrogen-bond donors (Lipinski definition) is 2. The molecule has 3 fully saturated rings. The number of carbonyl (C=O) groups excluding carboxylic acids is 3.